The third-order valence-corrected chi connectivity index (χ3v) is 4.83. The van der Waals surface area contributed by atoms with Crippen molar-refractivity contribution in [2.75, 3.05) is 46.3 Å². The molecule has 0 bridgehead atoms. The van der Waals surface area contributed by atoms with Gasteiger partial charge in [-0.2, -0.15) is 0 Å². The van der Waals surface area contributed by atoms with E-state index in [0.717, 1.165) is 45.7 Å². The van der Waals surface area contributed by atoms with E-state index >= 15 is 0 Å². The maximum Gasteiger partial charge on any atom is 0.254 e. The molecule has 2 heterocycles. The molecule has 0 unspecified atom stereocenters. The van der Waals surface area contributed by atoms with Gasteiger partial charge in [0.25, 0.3) is 5.91 Å². The molecule has 0 N–H and O–H groups in total. The van der Waals surface area contributed by atoms with E-state index in [2.05, 4.69) is 16.8 Å². The molecule has 120 valence electrons. The van der Waals surface area contributed by atoms with Crippen LogP contribution >= 0.6 is 11.6 Å². The third kappa shape index (κ3) is 3.42. The van der Waals surface area contributed by atoms with Crippen LogP contribution in [0.1, 0.15) is 16.8 Å². The standard InChI is InChI=1S/C16H21ClFN3O/c1-19-4-6-20(7-5-19)15-2-3-21(11-15)16(22)12-8-13(17)10-14(18)9-12/h8-10,15H,2-7,11H2,1H3/t15-/m1/s1. The van der Waals surface area contributed by atoms with Gasteiger partial charge in [-0.05, 0) is 31.7 Å². The Hall–Kier alpha value is -1.17. The van der Waals surface area contributed by atoms with Crippen molar-refractivity contribution in [2.24, 2.45) is 0 Å². The van der Waals surface area contributed by atoms with E-state index in [1.165, 1.54) is 18.2 Å². The van der Waals surface area contributed by atoms with Crippen LogP contribution in [0.15, 0.2) is 18.2 Å². The van der Waals surface area contributed by atoms with Crippen LogP contribution in [0.25, 0.3) is 0 Å². The molecule has 0 aliphatic carbocycles. The number of hydrogen-bond acceptors (Lipinski definition) is 3. The Kier molecular flexibility index (Phi) is 4.66. The van der Waals surface area contributed by atoms with Crippen LogP contribution in [0, 0.1) is 5.82 Å². The zero-order valence-electron chi connectivity index (χ0n) is 12.8. The average Bonchev–Trinajstić information content (AvgIpc) is 2.96. The van der Waals surface area contributed by atoms with Gasteiger partial charge in [0.05, 0.1) is 0 Å². The second-order valence-corrected chi connectivity index (χ2v) is 6.63. The summed E-state index contributed by atoms with van der Waals surface area (Å²) in [5.74, 6) is -0.594. The van der Waals surface area contributed by atoms with Gasteiger partial charge in [-0.1, -0.05) is 11.6 Å². The molecule has 22 heavy (non-hydrogen) atoms. The summed E-state index contributed by atoms with van der Waals surface area (Å²) in [5, 5.41) is 0.262. The van der Waals surface area contributed by atoms with Gasteiger partial charge in [-0.25, -0.2) is 4.39 Å². The molecular formula is C16H21ClFN3O. The largest absolute Gasteiger partial charge is 0.337 e. The molecule has 6 heteroatoms. The van der Waals surface area contributed by atoms with Gasteiger partial charge in [0.15, 0.2) is 0 Å². The van der Waals surface area contributed by atoms with Crippen LogP contribution in [0.2, 0.25) is 5.02 Å². The number of likely N-dealkylation sites (tertiary alicyclic amines) is 1. The molecule has 0 spiro atoms. The quantitative estimate of drug-likeness (QED) is 0.831. The first-order valence-electron chi connectivity index (χ1n) is 7.71. The van der Waals surface area contributed by atoms with Gasteiger partial charge < -0.3 is 9.80 Å². The lowest BCUT2D eigenvalue weighted by Crippen LogP contribution is -2.50. The van der Waals surface area contributed by atoms with E-state index in [1.807, 2.05) is 4.90 Å². The average molecular weight is 326 g/mol. The first-order chi connectivity index (χ1) is 10.5. The van der Waals surface area contributed by atoms with Crippen molar-refractivity contribution < 1.29 is 9.18 Å². The summed E-state index contributed by atoms with van der Waals surface area (Å²) < 4.78 is 13.4. The fourth-order valence-corrected chi connectivity index (χ4v) is 3.49. The molecule has 3 rings (SSSR count). The van der Waals surface area contributed by atoms with Crippen LogP contribution in [0.5, 0.6) is 0 Å². The zero-order chi connectivity index (χ0) is 15.7. The number of likely N-dealkylation sites (N-methyl/N-ethyl adjacent to an activating group) is 1. The summed E-state index contributed by atoms with van der Waals surface area (Å²) in [6.45, 7) is 5.69. The molecule has 2 aliphatic rings. The first-order valence-corrected chi connectivity index (χ1v) is 8.08. The zero-order valence-corrected chi connectivity index (χ0v) is 13.5. The van der Waals surface area contributed by atoms with Crippen molar-refractivity contribution in [1.82, 2.24) is 14.7 Å². The van der Waals surface area contributed by atoms with Crippen molar-refractivity contribution in [2.45, 2.75) is 12.5 Å². The van der Waals surface area contributed by atoms with Crippen molar-refractivity contribution in [3.8, 4) is 0 Å². The number of amides is 1. The predicted octanol–water partition coefficient (Wildman–Crippen LogP) is 1.94. The highest BCUT2D eigenvalue weighted by molar-refractivity contribution is 6.31. The monoisotopic (exact) mass is 325 g/mol. The number of carbonyl (C=O) groups excluding carboxylic acids is 1. The summed E-state index contributed by atoms with van der Waals surface area (Å²) in [6.07, 6.45) is 0.985. The van der Waals surface area contributed by atoms with Crippen molar-refractivity contribution in [3.63, 3.8) is 0 Å². The fourth-order valence-electron chi connectivity index (χ4n) is 3.27. The number of nitrogens with zero attached hydrogens (tertiary/aromatic N) is 3. The third-order valence-electron chi connectivity index (χ3n) is 4.61. The van der Waals surface area contributed by atoms with E-state index in [-0.39, 0.29) is 10.9 Å². The van der Waals surface area contributed by atoms with Crippen LogP contribution < -0.4 is 0 Å². The molecule has 1 aromatic carbocycles. The molecule has 1 amide bonds. The summed E-state index contributed by atoms with van der Waals surface area (Å²) in [7, 11) is 2.13. The summed E-state index contributed by atoms with van der Waals surface area (Å²) >= 11 is 5.84. The Morgan fingerprint density at radius 1 is 1.18 bits per heavy atom. The van der Waals surface area contributed by atoms with Gasteiger partial charge in [0.2, 0.25) is 0 Å². The Labute approximate surface area is 135 Å². The van der Waals surface area contributed by atoms with E-state index in [1.54, 1.807) is 0 Å². The highest BCUT2D eigenvalue weighted by atomic mass is 35.5. The second-order valence-electron chi connectivity index (χ2n) is 6.19. The van der Waals surface area contributed by atoms with E-state index in [4.69, 9.17) is 11.6 Å². The Morgan fingerprint density at radius 2 is 1.91 bits per heavy atom. The fraction of sp³-hybridized carbons (Fsp3) is 0.562. The molecule has 1 atom stereocenters. The molecule has 0 saturated carbocycles. The van der Waals surface area contributed by atoms with Gasteiger partial charge >= 0.3 is 0 Å². The molecule has 2 saturated heterocycles. The van der Waals surface area contributed by atoms with Crippen LogP contribution in [0.3, 0.4) is 0 Å². The SMILES string of the molecule is CN1CCN([C@@H]2CCN(C(=O)c3cc(F)cc(Cl)c3)C2)CC1. The van der Waals surface area contributed by atoms with Gasteiger partial charge in [-0.15, -0.1) is 0 Å². The number of piperazine rings is 1. The lowest BCUT2D eigenvalue weighted by atomic mass is 10.2. The van der Waals surface area contributed by atoms with Crippen LogP contribution in [-0.2, 0) is 0 Å². The maximum atomic E-state index is 13.4. The molecular weight excluding hydrogens is 305 g/mol. The first kappa shape index (κ1) is 15.7. The number of carbonyl (C=O) groups is 1. The van der Waals surface area contributed by atoms with Crippen molar-refractivity contribution in [1.29, 1.82) is 0 Å². The number of hydrogen-bond donors (Lipinski definition) is 0. The normalized spacial score (nSPS) is 24.0. The van der Waals surface area contributed by atoms with Crippen LogP contribution in [-0.4, -0.2) is 73.0 Å². The summed E-state index contributed by atoms with van der Waals surface area (Å²) in [5.41, 5.74) is 0.337. The lowest BCUT2D eigenvalue weighted by molar-refractivity contribution is 0.0755. The maximum absolute atomic E-state index is 13.4. The highest BCUT2D eigenvalue weighted by Gasteiger charge is 2.32. The highest BCUT2D eigenvalue weighted by Crippen LogP contribution is 2.21. The topological polar surface area (TPSA) is 26.8 Å². The molecule has 0 aromatic heterocycles. The number of rotatable bonds is 2. The van der Waals surface area contributed by atoms with E-state index in [9.17, 15) is 9.18 Å². The molecule has 2 aliphatic heterocycles. The Morgan fingerprint density at radius 3 is 2.59 bits per heavy atom. The minimum absolute atomic E-state index is 0.127. The summed E-state index contributed by atoms with van der Waals surface area (Å²) in [4.78, 5) is 19.1. The van der Waals surface area contributed by atoms with Gasteiger partial charge in [-0.3, -0.25) is 9.69 Å². The molecule has 1 aromatic rings. The van der Waals surface area contributed by atoms with Crippen LogP contribution in [0.4, 0.5) is 4.39 Å². The molecule has 0 radical (unpaired) electrons. The minimum Gasteiger partial charge on any atom is -0.337 e. The Balaban J connectivity index is 1.63. The number of halogens is 2. The Bertz CT molecular complexity index is 540. The second kappa shape index (κ2) is 6.52. The summed E-state index contributed by atoms with van der Waals surface area (Å²) in [6, 6.07) is 4.43. The smallest absolute Gasteiger partial charge is 0.254 e. The van der Waals surface area contributed by atoms with E-state index in [0.29, 0.717) is 11.6 Å². The predicted molar refractivity (Wildman–Crippen MR) is 84.8 cm³/mol. The van der Waals surface area contributed by atoms with Gasteiger partial charge in [0.1, 0.15) is 5.82 Å². The molecule has 4 nitrogen and oxygen atoms in total. The van der Waals surface area contributed by atoms with E-state index < -0.39 is 5.82 Å². The molecule has 2 fully saturated rings. The van der Waals surface area contributed by atoms with Crippen molar-refractivity contribution >= 4 is 17.5 Å². The minimum atomic E-state index is -0.467. The van der Waals surface area contributed by atoms with Crippen molar-refractivity contribution in [3.05, 3.63) is 34.6 Å². The number of benzene rings is 1. The lowest BCUT2D eigenvalue weighted by Gasteiger charge is -2.36. The van der Waals surface area contributed by atoms with Gasteiger partial charge in [0, 0.05) is 55.9 Å².